The molecule has 0 saturated heterocycles. The zero-order valence-electron chi connectivity index (χ0n) is 20.2. The van der Waals surface area contributed by atoms with Crippen LogP contribution in [0.15, 0.2) is 43.0 Å². The monoisotopic (exact) mass is 455 g/mol. The molecule has 2 aromatic rings. The summed E-state index contributed by atoms with van der Waals surface area (Å²) in [5, 5.41) is 0. The van der Waals surface area contributed by atoms with Crippen molar-refractivity contribution < 1.29 is 14.3 Å². The predicted octanol–water partition coefficient (Wildman–Crippen LogP) is 2.79. The van der Waals surface area contributed by atoms with E-state index in [0.717, 1.165) is 43.7 Å². The van der Waals surface area contributed by atoms with Crippen molar-refractivity contribution in [3.8, 4) is 0 Å². The molecular weight excluding hydrogens is 418 g/mol. The highest BCUT2D eigenvalue weighted by Gasteiger charge is 2.24. The Bertz CT molecular complexity index is 884. The van der Waals surface area contributed by atoms with E-state index in [4.69, 9.17) is 4.74 Å². The van der Waals surface area contributed by atoms with E-state index < -0.39 is 0 Å². The molecule has 0 spiro atoms. The van der Waals surface area contributed by atoms with E-state index >= 15 is 0 Å². The zero-order valence-corrected chi connectivity index (χ0v) is 20.2. The fourth-order valence-electron chi connectivity index (χ4n) is 4.29. The fraction of sp³-hybridized carbons (Fsp3) is 0.560. The summed E-state index contributed by atoms with van der Waals surface area (Å²) in [6.07, 6.45) is 7.55. The Morgan fingerprint density at radius 1 is 1.09 bits per heavy atom. The smallest absolute Gasteiger partial charge is 0.252 e. The van der Waals surface area contributed by atoms with Crippen molar-refractivity contribution in [3.63, 3.8) is 0 Å². The van der Waals surface area contributed by atoms with Gasteiger partial charge in [0.25, 0.3) is 5.91 Å². The first-order chi connectivity index (χ1) is 16.0. The summed E-state index contributed by atoms with van der Waals surface area (Å²) in [7, 11) is 1.54. The van der Waals surface area contributed by atoms with E-state index in [1.165, 1.54) is 0 Å². The quantitative estimate of drug-likeness (QED) is 0.642. The largest absolute Gasteiger partial charge is 0.375 e. The molecule has 1 aliphatic rings. The van der Waals surface area contributed by atoms with Crippen molar-refractivity contribution in [3.05, 3.63) is 48.5 Å². The number of nitrogens with zero attached hydrogens (tertiary/aromatic N) is 5. The predicted molar refractivity (Wildman–Crippen MR) is 129 cm³/mol. The number of hydrogen-bond acceptors (Lipinski definition) is 5. The summed E-state index contributed by atoms with van der Waals surface area (Å²) >= 11 is 0. The number of rotatable bonds is 7. The van der Waals surface area contributed by atoms with E-state index in [1.54, 1.807) is 19.6 Å². The van der Waals surface area contributed by atoms with Gasteiger partial charge in [0.05, 0.1) is 6.33 Å². The standard InChI is InChI=1S/C25H37N5O3/c1-21(2)28-13-7-14-30(25(32)19-33-3)23-9-5-4-8-22(23)18-29(17-16-28)24(31)10-6-12-27-15-11-26-20-27/h4-5,8-9,11,15,20-21H,6-7,10,12-14,16-19H2,1-3H3. The van der Waals surface area contributed by atoms with Crippen LogP contribution >= 0.6 is 0 Å². The third kappa shape index (κ3) is 7.14. The van der Waals surface area contributed by atoms with Crippen LogP contribution in [0.1, 0.15) is 38.7 Å². The number of carbonyl (C=O) groups is 2. The van der Waals surface area contributed by atoms with Gasteiger partial charge in [-0.15, -0.1) is 0 Å². The second-order valence-corrected chi connectivity index (χ2v) is 8.81. The SMILES string of the molecule is COCC(=O)N1CCCN(C(C)C)CCN(C(=O)CCCn2ccnc2)Cc2ccccc21. The number of ether oxygens (including phenoxy) is 1. The minimum atomic E-state index is -0.0569. The van der Waals surface area contributed by atoms with Crippen molar-refractivity contribution >= 4 is 17.5 Å². The molecule has 0 radical (unpaired) electrons. The maximum Gasteiger partial charge on any atom is 0.252 e. The third-order valence-corrected chi connectivity index (χ3v) is 6.15. The lowest BCUT2D eigenvalue weighted by Gasteiger charge is -2.30. The summed E-state index contributed by atoms with van der Waals surface area (Å²) in [6.45, 7) is 8.65. The lowest BCUT2D eigenvalue weighted by atomic mass is 10.1. The molecule has 0 fully saturated rings. The van der Waals surface area contributed by atoms with Crippen LogP contribution in [0.3, 0.4) is 0 Å². The van der Waals surface area contributed by atoms with Gasteiger partial charge in [0, 0.05) is 76.9 Å². The minimum Gasteiger partial charge on any atom is -0.375 e. The summed E-state index contributed by atoms with van der Waals surface area (Å²) in [6, 6.07) is 8.28. The van der Waals surface area contributed by atoms with Gasteiger partial charge in [-0.1, -0.05) is 18.2 Å². The molecule has 0 N–H and O–H groups in total. The average Bonchev–Trinajstić information content (AvgIpc) is 3.30. The Kier molecular flexibility index (Phi) is 9.45. The van der Waals surface area contributed by atoms with E-state index in [-0.39, 0.29) is 18.4 Å². The van der Waals surface area contributed by atoms with Crippen molar-refractivity contribution in [2.75, 3.05) is 44.8 Å². The van der Waals surface area contributed by atoms with E-state index in [9.17, 15) is 9.59 Å². The van der Waals surface area contributed by atoms with Gasteiger partial charge in [-0.05, 0) is 38.3 Å². The second kappa shape index (κ2) is 12.5. The van der Waals surface area contributed by atoms with E-state index in [0.29, 0.717) is 32.1 Å². The van der Waals surface area contributed by atoms with Crippen LogP contribution in [0.25, 0.3) is 0 Å². The maximum atomic E-state index is 13.3. The first-order valence-electron chi connectivity index (χ1n) is 11.8. The molecule has 180 valence electrons. The van der Waals surface area contributed by atoms with Crippen molar-refractivity contribution in [2.24, 2.45) is 0 Å². The first-order valence-corrected chi connectivity index (χ1v) is 11.8. The molecule has 1 aromatic heterocycles. The maximum absolute atomic E-state index is 13.3. The molecule has 0 saturated carbocycles. The van der Waals surface area contributed by atoms with Crippen LogP contribution in [-0.4, -0.2) is 77.1 Å². The molecule has 0 unspecified atom stereocenters. The summed E-state index contributed by atoms with van der Waals surface area (Å²) < 4.78 is 7.14. The summed E-state index contributed by atoms with van der Waals surface area (Å²) in [4.78, 5) is 36.4. The molecule has 0 bridgehead atoms. The Morgan fingerprint density at radius 3 is 2.64 bits per heavy atom. The number of amides is 2. The summed E-state index contributed by atoms with van der Waals surface area (Å²) in [5.41, 5.74) is 1.86. The van der Waals surface area contributed by atoms with Gasteiger partial charge in [-0.25, -0.2) is 4.98 Å². The van der Waals surface area contributed by atoms with Crippen molar-refractivity contribution in [1.29, 1.82) is 0 Å². The molecule has 33 heavy (non-hydrogen) atoms. The van der Waals surface area contributed by atoms with E-state index in [1.807, 2.05) is 44.8 Å². The number of hydrogen-bond donors (Lipinski definition) is 0. The van der Waals surface area contributed by atoms with Gasteiger partial charge in [0.15, 0.2) is 0 Å². The highest BCUT2D eigenvalue weighted by Crippen LogP contribution is 2.24. The van der Waals surface area contributed by atoms with Gasteiger partial charge >= 0.3 is 0 Å². The highest BCUT2D eigenvalue weighted by molar-refractivity contribution is 5.95. The Hall–Kier alpha value is -2.71. The zero-order chi connectivity index (χ0) is 23.6. The fourth-order valence-corrected chi connectivity index (χ4v) is 4.29. The molecular formula is C25H37N5O3. The van der Waals surface area contributed by atoms with Crippen LogP contribution < -0.4 is 4.90 Å². The summed E-state index contributed by atoms with van der Waals surface area (Å²) in [5.74, 6) is 0.0844. The molecule has 3 rings (SSSR count). The molecule has 2 heterocycles. The first kappa shape index (κ1) is 24.9. The molecule has 8 heteroatoms. The Labute approximate surface area is 197 Å². The number of aryl methyl sites for hydroxylation is 1. The van der Waals surface area contributed by atoms with E-state index in [2.05, 4.69) is 23.7 Å². The molecule has 1 aromatic carbocycles. The Balaban J connectivity index is 1.81. The Morgan fingerprint density at radius 2 is 1.91 bits per heavy atom. The van der Waals surface area contributed by atoms with Crippen LogP contribution in [0.4, 0.5) is 5.69 Å². The van der Waals surface area contributed by atoms with Crippen molar-refractivity contribution in [2.45, 2.75) is 52.2 Å². The number of aromatic nitrogens is 2. The van der Waals surface area contributed by atoms with Gasteiger partial charge in [0.2, 0.25) is 5.91 Å². The number of methoxy groups -OCH3 is 1. The number of carbonyl (C=O) groups excluding carboxylic acids is 2. The second-order valence-electron chi connectivity index (χ2n) is 8.81. The average molecular weight is 456 g/mol. The number of benzene rings is 1. The molecule has 8 nitrogen and oxygen atoms in total. The lowest BCUT2D eigenvalue weighted by Crippen LogP contribution is -2.41. The van der Waals surface area contributed by atoms with Gasteiger partial charge < -0.3 is 19.1 Å². The van der Waals surface area contributed by atoms with Crippen LogP contribution in [0.5, 0.6) is 0 Å². The lowest BCUT2D eigenvalue weighted by molar-refractivity contribution is -0.132. The highest BCUT2D eigenvalue weighted by atomic mass is 16.5. The topological polar surface area (TPSA) is 70.9 Å². The normalized spacial score (nSPS) is 15.9. The van der Waals surface area contributed by atoms with Crippen LogP contribution in [0, 0.1) is 0 Å². The molecule has 2 amide bonds. The molecule has 1 aliphatic heterocycles. The van der Waals surface area contributed by atoms with Gasteiger partial charge in [-0.2, -0.15) is 0 Å². The van der Waals surface area contributed by atoms with Crippen LogP contribution in [-0.2, 0) is 27.4 Å². The third-order valence-electron chi connectivity index (χ3n) is 6.15. The van der Waals surface area contributed by atoms with Gasteiger partial charge in [0.1, 0.15) is 6.61 Å². The number of fused-ring (bicyclic) bond motifs is 1. The number of anilines is 1. The van der Waals surface area contributed by atoms with Gasteiger partial charge in [-0.3, -0.25) is 14.5 Å². The molecule has 0 atom stereocenters. The molecule has 0 aliphatic carbocycles. The van der Waals surface area contributed by atoms with Crippen molar-refractivity contribution in [1.82, 2.24) is 19.4 Å². The van der Waals surface area contributed by atoms with Crippen LogP contribution in [0.2, 0.25) is 0 Å². The number of para-hydroxylation sites is 1. The minimum absolute atomic E-state index is 0.0408. The number of imidazole rings is 1.